The fourth-order valence-corrected chi connectivity index (χ4v) is 2.88. The second kappa shape index (κ2) is 8.04. The van der Waals surface area contributed by atoms with E-state index in [0.29, 0.717) is 13.2 Å². The Morgan fingerprint density at radius 1 is 1.35 bits per heavy atom. The van der Waals surface area contributed by atoms with Crippen molar-refractivity contribution in [2.24, 2.45) is 0 Å². The number of nitrogens with one attached hydrogen (secondary N) is 1. The van der Waals surface area contributed by atoms with Crippen molar-refractivity contribution in [1.82, 2.24) is 5.32 Å². The van der Waals surface area contributed by atoms with E-state index >= 15 is 0 Å². The average Bonchev–Trinajstić information content (AvgIpc) is 2.98. The molecule has 0 spiro atoms. The van der Waals surface area contributed by atoms with Gasteiger partial charge in [-0.2, -0.15) is 0 Å². The molecule has 0 aliphatic carbocycles. The third-order valence-corrected chi connectivity index (χ3v) is 4.12. The molecule has 3 rings (SSSR count). The molecule has 1 amide bonds. The lowest BCUT2D eigenvalue weighted by Crippen LogP contribution is -2.20. The van der Waals surface area contributed by atoms with Crippen LogP contribution in [-0.2, 0) is 17.8 Å². The van der Waals surface area contributed by atoms with E-state index in [1.54, 1.807) is 18.2 Å². The molecule has 1 aliphatic rings. The molecule has 1 heterocycles. The normalized spacial score (nSPS) is 15.6. The second-order valence-corrected chi connectivity index (χ2v) is 6.24. The Labute approximate surface area is 152 Å². The lowest BCUT2D eigenvalue weighted by Gasteiger charge is -2.10. The van der Waals surface area contributed by atoms with Crippen LogP contribution in [0.15, 0.2) is 42.5 Å². The zero-order valence-electron chi connectivity index (χ0n) is 14.9. The number of carbonyl (C=O) groups is 1. The molecule has 1 N–H and O–H groups in total. The first-order valence-corrected chi connectivity index (χ1v) is 8.72. The minimum atomic E-state index is -0.295. The molecule has 5 heteroatoms. The van der Waals surface area contributed by atoms with Crippen LogP contribution in [0.3, 0.4) is 0 Å². The molecule has 0 saturated carbocycles. The number of hydrogen-bond acceptors (Lipinski definition) is 3. The number of rotatable bonds is 6. The Morgan fingerprint density at radius 3 is 2.85 bits per heavy atom. The van der Waals surface area contributed by atoms with Crippen molar-refractivity contribution in [3.05, 3.63) is 65.0 Å². The van der Waals surface area contributed by atoms with E-state index < -0.39 is 0 Å². The van der Waals surface area contributed by atoms with Crippen LogP contribution in [0.4, 0.5) is 4.39 Å². The molecule has 0 saturated heterocycles. The quantitative estimate of drug-likeness (QED) is 0.800. The standard InChI is InChI=1S/C21H22FNO3/c1-3-25-19-12-17-10-14(2)26-20(17)11-16(19)6-9-21(24)23-13-15-4-7-18(22)8-5-15/h4-9,11-12,14H,3,10,13H2,1-2H3,(H,23,24)/b9-6+/t14-/m1/s1. The van der Waals surface area contributed by atoms with Gasteiger partial charge in [-0.05, 0) is 49.8 Å². The van der Waals surface area contributed by atoms with Gasteiger partial charge in [-0.25, -0.2) is 4.39 Å². The average molecular weight is 355 g/mol. The molecule has 0 radical (unpaired) electrons. The number of benzene rings is 2. The minimum absolute atomic E-state index is 0.151. The SMILES string of the molecule is CCOc1cc2c(cc1/C=C/C(=O)NCc1ccc(F)cc1)O[C@H](C)C2. The van der Waals surface area contributed by atoms with Crippen LogP contribution in [0.2, 0.25) is 0 Å². The topological polar surface area (TPSA) is 47.6 Å². The summed E-state index contributed by atoms with van der Waals surface area (Å²) >= 11 is 0. The van der Waals surface area contributed by atoms with Crippen LogP contribution in [0.1, 0.15) is 30.5 Å². The van der Waals surface area contributed by atoms with Gasteiger partial charge in [-0.1, -0.05) is 12.1 Å². The molecule has 1 aliphatic heterocycles. The van der Waals surface area contributed by atoms with E-state index in [1.165, 1.54) is 18.2 Å². The number of amides is 1. The zero-order valence-corrected chi connectivity index (χ0v) is 14.9. The van der Waals surface area contributed by atoms with E-state index in [0.717, 1.165) is 34.6 Å². The summed E-state index contributed by atoms with van der Waals surface area (Å²) in [4.78, 5) is 12.1. The molecule has 0 bridgehead atoms. The Kier molecular flexibility index (Phi) is 5.56. The molecule has 0 aromatic heterocycles. The van der Waals surface area contributed by atoms with E-state index in [-0.39, 0.29) is 17.8 Å². The fourth-order valence-electron chi connectivity index (χ4n) is 2.88. The van der Waals surface area contributed by atoms with Gasteiger partial charge in [0.05, 0.1) is 6.61 Å². The largest absolute Gasteiger partial charge is 0.493 e. The molecule has 2 aromatic carbocycles. The van der Waals surface area contributed by atoms with Crippen LogP contribution in [0, 0.1) is 5.82 Å². The van der Waals surface area contributed by atoms with Crippen molar-refractivity contribution in [1.29, 1.82) is 0 Å². The van der Waals surface area contributed by atoms with Gasteiger partial charge in [0.25, 0.3) is 0 Å². The number of fused-ring (bicyclic) bond motifs is 1. The van der Waals surface area contributed by atoms with Crippen molar-refractivity contribution < 1.29 is 18.7 Å². The molecule has 26 heavy (non-hydrogen) atoms. The highest BCUT2D eigenvalue weighted by Gasteiger charge is 2.21. The monoisotopic (exact) mass is 355 g/mol. The van der Waals surface area contributed by atoms with E-state index in [1.807, 2.05) is 26.0 Å². The van der Waals surface area contributed by atoms with Crippen molar-refractivity contribution in [2.75, 3.05) is 6.61 Å². The van der Waals surface area contributed by atoms with Crippen LogP contribution >= 0.6 is 0 Å². The molecule has 1 atom stereocenters. The Balaban J connectivity index is 1.67. The Morgan fingerprint density at radius 2 is 2.12 bits per heavy atom. The maximum atomic E-state index is 12.9. The van der Waals surface area contributed by atoms with Gasteiger partial charge in [0.15, 0.2) is 0 Å². The fraction of sp³-hybridized carbons (Fsp3) is 0.286. The van der Waals surface area contributed by atoms with Crippen molar-refractivity contribution >= 4 is 12.0 Å². The molecular formula is C21H22FNO3. The maximum absolute atomic E-state index is 12.9. The van der Waals surface area contributed by atoms with Gasteiger partial charge in [-0.15, -0.1) is 0 Å². The first-order chi connectivity index (χ1) is 12.5. The summed E-state index contributed by atoms with van der Waals surface area (Å²) in [6.45, 7) is 4.84. The first-order valence-electron chi connectivity index (χ1n) is 8.72. The number of ether oxygens (including phenoxy) is 2. The molecule has 0 fully saturated rings. The van der Waals surface area contributed by atoms with Gasteiger partial charge >= 0.3 is 0 Å². The van der Waals surface area contributed by atoms with Gasteiger partial charge < -0.3 is 14.8 Å². The van der Waals surface area contributed by atoms with E-state index in [2.05, 4.69) is 5.32 Å². The summed E-state index contributed by atoms with van der Waals surface area (Å²) < 4.78 is 24.4. The van der Waals surface area contributed by atoms with E-state index in [9.17, 15) is 9.18 Å². The van der Waals surface area contributed by atoms with Crippen molar-refractivity contribution in [2.45, 2.75) is 32.9 Å². The molecule has 0 unspecified atom stereocenters. The predicted molar refractivity (Wildman–Crippen MR) is 98.7 cm³/mol. The third kappa shape index (κ3) is 4.42. The van der Waals surface area contributed by atoms with Crippen LogP contribution in [-0.4, -0.2) is 18.6 Å². The first kappa shape index (κ1) is 18.0. The molecule has 4 nitrogen and oxygen atoms in total. The van der Waals surface area contributed by atoms with Crippen LogP contribution in [0.25, 0.3) is 6.08 Å². The third-order valence-electron chi connectivity index (χ3n) is 4.12. The van der Waals surface area contributed by atoms with Crippen LogP contribution < -0.4 is 14.8 Å². The second-order valence-electron chi connectivity index (χ2n) is 6.24. The lowest BCUT2D eigenvalue weighted by molar-refractivity contribution is -0.116. The number of carbonyl (C=O) groups excluding carboxylic acids is 1. The Bertz CT molecular complexity index is 815. The number of hydrogen-bond donors (Lipinski definition) is 1. The van der Waals surface area contributed by atoms with Crippen molar-refractivity contribution in [3.8, 4) is 11.5 Å². The Hall–Kier alpha value is -2.82. The van der Waals surface area contributed by atoms with Gasteiger partial charge in [-0.3, -0.25) is 4.79 Å². The highest BCUT2D eigenvalue weighted by molar-refractivity contribution is 5.92. The van der Waals surface area contributed by atoms with Gasteiger partial charge in [0.1, 0.15) is 23.4 Å². The summed E-state index contributed by atoms with van der Waals surface area (Å²) in [6, 6.07) is 9.93. The predicted octanol–water partition coefficient (Wildman–Crippen LogP) is 3.88. The smallest absolute Gasteiger partial charge is 0.244 e. The summed E-state index contributed by atoms with van der Waals surface area (Å²) in [7, 11) is 0. The highest BCUT2D eigenvalue weighted by atomic mass is 19.1. The summed E-state index contributed by atoms with van der Waals surface area (Å²) in [5, 5.41) is 2.78. The van der Waals surface area contributed by atoms with E-state index in [4.69, 9.17) is 9.47 Å². The minimum Gasteiger partial charge on any atom is -0.493 e. The zero-order chi connectivity index (χ0) is 18.5. The lowest BCUT2D eigenvalue weighted by atomic mass is 10.1. The van der Waals surface area contributed by atoms with Crippen LogP contribution in [0.5, 0.6) is 11.5 Å². The highest BCUT2D eigenvalue weighted by Crippen LogP contribution is 2.35. The van der Waals surface area contributed by atoms with Gasteiger partial charge in [0, 0.05) is 30.2 Å². The summed E-state index contributed by atoms with van der Waals surface area (Å²) in [6.07, 6.45) is 4.19. The molecule has 2 aromatic rings. The summed E-state index contributed by atoms with van der Waals surface area (Å²) in [5.74, 6) is 1.06. The summed E-state index contributed by atoms with van der Waals surface area (Å²) in [5.41, 5.74) is 2.76. The van der Waals surface area contributed by atoms with Crippen molar-refractivity contribution in [3.63, 3.8) is 0 Å². The molecule has 136 valence electrons. The molecular weight excluding hydrogens is 333 g/mol. The number of halogens is 1. The maximum Gasteiger partial charge on any atom is 0.244 e. The van der Waals surface area contributed by atoms with Gasteiger partial charge in [0.2, 0.25) is 5.91 Å².